The van der Waals surface area contributed by atoms with Crippen LogP contribution >= 0.6 is 0 Å². The number of imidazole rings is 1. The van der Waals surface area contributed by atoms with Crippen molar-refractivity contribution in [2.24, 2.45) is 0 Å². The van der Waals surface area contributed by atoms with Gasteiger partial charge >= 0.3 is 6.18 Å². The number of fused-ring (bicyclic) bond motifs is 1. The molecule has 0 saturated heterocycles. The number of hydrogen-bond acceptors (Lipinski definition) is 3. The molecule has 1 aliphatic carbocycles. The molecule has 120 valence electrons. The van der Waals surface area contributed by atoms with Crippen LogP contribution in [-0.2, 0) is 12.7 Å². The Hall–Kier alpha value is -1.60. The predicted molar refractivity (Wildman–Crippen MR) is 76.3 cm³/mol. The van der Waals surface area contributed by atoms with Gasteiger partial charge in [-0.25, -0.2) is 4.98 Å². The maximum Gasteiger partial charge on any atom is 0.418 e. The molecule has 4 nitrogen and oxygen atoms in total. The van der Waals surface area contributed by atoms with Crippen molar-refractivity contribution >= 4 is 11.0 Å². The Kier molecular flexibility index (Phi) is 3.86. The Morgan fingerprint density at radius 1 is 1.36 bits per heavy atom. The highest BCUT2D eigenvalue weighted by molar-refractivity contribution is 5.80. The number of benzene rings is 1. The van der Waals surface area contributed by atoms with Crippen LogP contribution in [0.15, 0.2) is 12.1 Å². The fraction of sp³-hybridized carbons (Fsp3) is 0.533. The molecule has 2 aromatic rings. The van der Waals surface area contributed by atoms with Crippen molar-refractivity contribution in [2.75, 3.05) is 0 Å². The molecule has 7 heteroatoms. The zero-order chi connectivity index (χ0) is 15.9. The maximum atomic E-state index is 13.2. The van der Waals surface area contributed by atoms with E-state index >= 15 is 0 Å². The van der Waals surface area contributed by atoms with Gasteiger partial charge in [0.1, 0.15) is 5.82 Å². The highest BCUT2D eigenvalue weighted by Crippen LogP contribution is 2.35. The van der Waals surface area contributed by atoms with Gasteiger partial charge in [-0.3, -0.25) is 0 Å². The van der Waals surface area contributed by atoms with Gasteiger partial charge in [-0.05, 0) is 43.9 Å². The molecule has 1 aromatic carbocycles. The van der Waals surface area contributed by atoms with Crippen LogP contribution in [0.25, 0.3) is 11.0 Å². The molecular weight excluding hydrogens is 295 g/mol. The second-order valence-corrected chi connectivity index (χ2v) is 5.84. The third-order valence-corrected chi connectivity index (χ3v) is 4.12. The molecule has 2 atom stereocenters. The Morgan fingerprint density at radius 2 is 2.14 bits per heavy atom. The number of aryl methyl sites for hydroxylation is 1. The van der Waals surface area contributed by atoms with Crippen molar-refractivity contribution in [2.45, 2.75) is 51.1 Å². The fourth-order valence-corrected chi connectivity index (χ4v) is 3.05. The van der Waals surface area contributed by atoms with Crippen LogP contribution in [0.1, 0.15) is 36.2 Å². The van der Waals surface area contributed by atoms with Crippen molar-refractivity contribution in [3.8, 4) is 0 Å². The van der Waals surface area contributed by atoms with Gasteiger partial charge in [0.15, 0.2) is 0 Å². The summed E-state index contributed by atoms with van der Waals surface area (Å²) in [5.41, 5.74) is 0.158. The zero-order valence-corrected chi connectivity index (χ0v) is 12.2. The van der Waals surface area contributed by atoms with Gasteiger partial charge < -0.3 is 15.4 Å². The lowest BCUT2D eigenvalue weighted by molar-refractivity contribution is -0.136. The average Bonchev–Trinajstić information content (AvgIpc) is 2.98. The van der Waals surface area contributed by atoms with E-state index in [4.69, 9.17) is 0 Å². The van der Waals surface area contributed by atoms with Gasteiger partial charge in [-0.15, -0.1) is 0 Å². The first-order valence-corrected chi connectivity index (χ1v) is 7.32. The number of nitrogens with zero attached hydrogens (tertiary/aromatic N) is 1. The van der Waals surface area contributed by atoms with Crippen LogP contribution in [0.3, 0.4) is 0 Å². The number of hydrogen-bond donors (Lipinski definition) is 3. The Morgan fingerprint density at radius 3 is 2.77 bits per heavy atom. The minimum atomic E-state index is -4.43. The molecule has 0 spiro atoms. The van der Waals surface area contributed by atoms with Crippen LogP contribution in [-0.4, -0.2) is 27.2 Å². The highest BCUT2D eigenvalue weighted by Gasteiger charge is 2.34. The summed E-state index contributed by atoms with van der Waals surface area (Å²) in [6, 6.07) is 2.75. The molecule has 3 N–H and O–H groups in total. The van der Waals surface area contributed by atoms with E-state index in [2.05, 4.69) is 15.3 Å². The largest absolute Gasteiger partial charge is 0.418 e. The van der Waals surface area contributed by atoms with Crippen LogP contribution in [0, 0.1) is 6.92 Å². The number of nitrogens with one attached hydrogen (secondary N) is 2. The van der Waals surface area contributed by atoms with Crippen LogP contribution in [0.5, 0.6) is 0 Å². The smallest absolute Gasteiger partial charge is 0.392 e. The highest BCUT2D eigenvalue weighted by atomic mass is 19.4. The Labute approximate surface area is 125 Å². The SMILES string of the molecule is Cc1nc2cc(CNC3CCCC3O)cc(C(F)(F)F)c2[nH]1. The number of aliphatic hydroxyl groups excluding tert-OH is 1. The number of alkyl halides is 3. The third-order valence-electron chi connectivity index (χ3n) is 4.12. The monoisotopic (exact) mass is 313 g/mol. The summed E-state index contributed by atoms with van der Waals surface area (Å²) in [6.45, 7) is 1.92. The number of aliphatic hydroxyl groups is 1. The summed E-state index contributed by atoms with van der Waals surface area (Å²) < 4.78 is 39.6. The molecule has 1 saturated carbocycles. The molecule has 1 aliphatic rings. The molecule has 3 rings (SSSR count). The Bertz CT molecular complexity index is 680. The summed E-state index contributed by atoms with van der Waals surface area (Å²) in [4.78, 5) is 6.78. The molecule has 1 aromatic heterocycles. The number of aromatic nitrogens is 2. The van der Waals surface area contributed by atoms with E-state index in [9.17, 15) is 18.3 Å². The molecule has 1 heterocycles. The number of halogens is 3. The van der Waals surface area contributed by atoms with E-state index in [0.29, 0.717) is 16.9 Å². The van der Waals surface area contributed by atoms with Crippen molar-refractivity contribution in [3.63, 3.8) is 0 Å². The normalized spacial score (nSPS) is 22.6. The predicted octanol–water partition coefficient (Wildman–Crippen LogP) is 2.89. The van der Waals surface area contributed by atoms with E-state index in [1.807, 2.05) is 0 Å². The molecular formula is C15H18F3N3O. The lowest BCUT2D eigenvalue weighted by atomic mass is 10.1. The van der Waals surface area contributed by atoms with Crippen molar-refractivity contribution in [1.82, 2.24) is 15.3 Å². The van der Waals surface area contributed by atoms with Crippen LogP contribution in [0.2, 0.25) is 0 Å². The molecule has 2 unspecified atom stereocenters. The summed E-state index contributed by atoms with van der Waals surface area (Å²) in [7, 11) is 0. The first-order chi connectivity index (χ1) is 10.3. The average molecular weight is 313 g/mol. The van der Waals surface area contributed by atoms with Gasteiger partial charge in [0.25, 0.3) is 0 Å². The van der Waals surface area contributed by atoms with Crippen molar-refractivity contribution in [1.29, 1.82) is 0 Å². The number of aromatic amines is 1. The van der Waals surface area contributed by atoms with Crippen molar-refractivity contribution < 1.29 is 18.3 Å². The van der Waals surface area contributed by atoms with E-state index in [-0.39, 0.29) is 18.1 Å². The van der Waals surface area contributed by atoms with Crippen molar-refractivity contribution in [3.05, 3.63) is 29.1 Å². The minimum Gasteiger partial charge on any atom is -0.392 e. The standard InChI is InChI=1S/C15H18F3N3O/c1-8-20-12-6-9(7-19-11-3-2-4-13(11)22)5-10(14(12)21-8)15(16,17)18/h5-6,11,13,19,22H,2-4,7H2,1H3,(H,20,21). The first kappa shape index (κ1) is 15.3. The quantitative estimate of drug-likeness (QED) is 0.816. The Balaban J connectivity index is 1.89. The molecule has 0 aliphatic heterocycles. The topological polar surface area (TPSA) is 60.9 Å². The second kappa shape index (κ2) is 5.55. The summed E-state index contributed by atoms with van der Waals surface area (Å²) in [5.74, 6) is 0.455. The van der Waals surface area contributed by atoms with Gasteiger partial charge in [-0.1, -0.05) is 0 Å². The summed E-state index contributed by atoms with van der Waals surface area (Å²) >= 11 is 0. The summed E-state index contributed by atoms with van der Waals surface area (Å²) in [5, 5.41) is 12.9. The molecule has 0 bridgehead atoms. The maximum absolute atomic E-state index is 13.2. The third kappa shape index (κ3) is 2.96. The minimum absolute atomic E-state index is 0.0228. The second-order valence-electron chi connectivity index (χ2n) is 5.84. The number of rotatable bonds is 3. The van der Waals surface area contributed by atoms with Crippen LogP contribution in [0.4, 0.5) is 13.2 Å². The van der Waals surface area contributed by atoms with Gasteiger partial charge in [0, 0.05) is 12.6 Å². The van der Waals surface area contributed by atoms with Gasteiger partial charge in [0.05, 0.1) is 22.7 Å². The van der Waals surface area contributed by atoms with E-state index in [1.165, 1.54) is 0 Å². The van der Waals surface area contributed by atoms with E-state index in [1.54, 1.807) is 13.0 Å². The molecule has 22 heavy (non-hydrogen) atoms. The van der Waals surface area contributed by atoms with Crippen LogP contribution < -0.4 is 5.32 Å². The van der Waals surface area contributed by atoms with Gasteiger partial charge in [0.2, 0.25) is 0 Å². The number of H-pyrrole nitrogens is 1. The fourth-order valence-electron chi connectivity index (χ4n) is 3.05. The van der Waals surface area contributed by atoms with Gasteiger partial charge in [-0.2, -0.15) is 13.2 Å². The molecule has 1 fully saturated rings. The summed E-state index contributed by atoms with van der Waals surface area (Å²) in [6.07, 6.45) is -2.33. The lowest BCUT2D eigenvalue weighted by Crippen LogP contribution is -2.35. The lowest BCUT2D eigenvalue weighted by Gasteiger charge is -2.17. The first-order valence-electron chi connectivity index (χ1n) is 7.32. The molecule has 0 amide bonds. The zero-order valence-electron chi connectivity index (χ0n) is 12.2. The van der Waals surface area contributed by atoms with E-state index in [0.717, 1.165) is 25.3 Å². The molecule has 0 radical (unpaired) electrons. The van der Waals surface area contributed by atoms with E-state index < -0.39 is 17.8 Å².